The van der Waals surface area contributed by atoms with E-state index in [4.69, 9.17) is 0 Å². The number of aryl methyl sites for hydroxylation is 1. The van der Waals surface area contributed by atoms with E-state index in [-0.39, 0.29) is 0 Å². The first-order valence-corrected chi connectivity index (χ1v) is 8.14. The zero-order valence-corrected chi connectivity index (χ0v) is 12.3. The summed E-state index contributed by atoms with van der Waals surface area (Å²) in [5, 5.41) is 4.81. The number of rotatable bonds is 3. The third-order valence-corrected chi connectivity index (χ3v) is 6.33. The first kappa shape index (κ1) is 13.2. The minimum atomic E-state index is 0.412. The molecule has 0 spiro atoms. The molecule has 1 N–H and O–H groups in total. The molecule has 2 heterocycles. The molecule has 1 saturated heterocycles. The summed E-state index contributed by atoms with van der Waals surface area (Å²) in [4.78, 5) is 4.32. The molecule has 0 bridgehead atoms. The minimum Gasteiger partial charge on any atom is -0.312 e. The topological polar surface area (TPSA) is 24.9 Å². The third kappa shape index (κ3) is 3.18. The van der Waals surface area contributed by atoms with Crippen molar-refractivity contribution in [2.45, 2.75) is 30.4 Å². The van der Waals surface area contributed by atoms with Crippen LogP contribution in [0.15, 0.2) is 18.5 Å². The van der Waals surface area contributed by atoms with E-state index >= 15 is 0 Å². The van der Waals surface area contributed by atoms with Crippen LogP contribution in [0, 0.1) is 6.92 Å². The average molecular weight is 268 g/mol. The van der Waals surface area contributed by atoms with E-state index in [0.717, 1.165) is 0 Å². The lowest BCUT2D eigenvalue weighted by Gasteiger charge is -2.34. The summed E-state index contributed by atoms with van der Waals surface area (Å²) in [6, 6.07) is 2.66. The van der Waals surface area contributed by atoms with Crippen molar-refractivity contribution < 1.29 is 0 Å². The van der Waals surface area contributed by atoms with Crippen molar-refractivity contribution >= 4 is 23.5 Å². The quantitative estimate of drug-likeness (QED) is 0.911. The van der Waals surface area contributed by atoms with E-state index in [2.05, 4.69) is 60.8 Å². The van der Waals surface area contributed by atoms with Crippen molar-refractivity contribution in [1.82, 2.24) is 10.3 Å². The first-order valence-electron chi connectivity index (χ1n) is 6.04. The maximum absolute atomic E-state index is 4.32. The highest BCUT2D eigenvalue weighted by Crippen LogP contribution is 2.38. The first-order chi connectivity index (χ1) is 8.22. The van der Waals surface area contributed by atoms with Gasteiger partial charge in [0.2, 0.25) is 0 Å². The van der Waals surface area contributed by atoms with Crippen LogP contribution in [0.25, 0.3) is 0 Å². The lowest BCUT2D eigenvalue weighted by atomic mass is 10.0. The van der Waals surface area contributed by atoms with Gasteiger partial charge in [-0.3, -0.25) is 4.98 Å². The van der Waals surface area contributed by atoms with Crippen LogP contribution in [0.2, 0.25) is 0 Å². The molecule has 0 aromatic carbocycles. The van der Waals surface area contributed by atoms with Crippen molar-refractivity contribution in [3.8, 4) is 0 Å². The molecule has 0 aliphatic carbocycles. The molecule has 2 rings (SSSR count). The zero-order valence-electron chi connectivity index (χ0n) is 10.6. The molecule has 0 amide bonds. The molecule has 3 unspecified atom stereocenters. The molecule has 1 aromatic heterocycles. The minimum absolute atomic E-state index is 0.412. The Balaban J connectivity index is 2.20. The molecular weight excluding hydrogens is 248 g/mol. The molecule has 1 aliphatic rings. The Morgan fingerprint density at radius 2 is 2.12 bits per heavy atom. The Morgan fingerprint density at radius 3 is 2.76 bits per heavy atom. The van der Waals surface area contributed by atoms with Crippen LogP contribution in [-0.2, 0) is 0 Å². The maximum Gasteiger partial charge on any atom is 0.0464 e. The van der Waals surface area contributed by atoms with Gasteiger partial charge in [-0.1, -0.05) is 13.0 Å². The largest absolute Gasteiger partial charge is 0.312 e. The number of nitrogens with one attached hydrogen (secondary N) is 1. The summed E-state index contributed by atoms with van der Waals surface area (Å²) in [5.41, 5.74) is 2.56. The van der Waals surface area contributed by atoms with E-state index < -0.39 is 0 Å². The second-order valence-corrected chi connectivity index (χ2v) is 7.24. The number of aromatic nitrogens is 1. The Hall–Kier alpha value is -0.190. The summed E-state index contributed by atoms with van der Waals surface area (Å²) in [7, 11) is 2.06. The van der Waals surface area contributed by atoms with Crippen LogP contribution < -0.4 is 5.32 Å². The van der Waals surface area contributed by atoms with Crippen molar-refractivity contribution in [2.75, 3.05) is 18.6 Å². The van der Waals surface area contributed by atoms with Gasteiger partial charge in [-0.25, -0.2) is 0 Å². The molecule has 1 aromatic rings. The summed E-state index contributed by atoms with van der Waals surface area (Å²) >= 11 is 4.18. The van der Waals surface area contributed by atoms with E-state index in [9.17, 15) is 0 Å². The van der Waals surface area contributed by atoms with Crippen molar-refractivity contribution in [3.63, 3.8) is 0 Å². The van der Waals surface area contributed by atoms with Crippen LogP contribution in [0.3, 0.4) is 0 Å². The molecule has 0 radical (unpaired) electrons. The second-order valence-electron chi connectivity index (χ2n) is 4.47. The molecule has 94 valence electrons. The van der Waals surface area contributed by atoms with Crippen LogP contribution in [0.5, 0.6) is 0 Å². The van der Waals surface area contributed by atoms with Crippen LogP contribution in [-0.4, -0.2) is 34.0 Å². The Bertz CT molecular complexity index is 370. The third-order valence-electron chi connectivity index (χ3n) is 3.13. The summed E-state index contributed by atoms with van der Waals surface area (Å²) in [5.74, 6) is 2.54. The van der Waals surface area contributed by atoms with Crippen LogP contribution in [0.1, 0.15) is 24.1 Å². The predicted molar refractivity (Wildman–Crippen MR) is 78.9 cm³/mol. The predicted octanol–water partition coefficient (Wildman–Crippen LogP) is 2.89. The maximum atomic E-state index is 4.32. The van der Waals surface area contributed by atoms with Gasteiger partial charge in [-0.15, -0.1) is 0 Å². The van der Waals surface area contributed by atoms with Crippen molar-refractivity contribution in [3.05, 3.63) is 29.6 Å². The van der Waals surface area contributed by atoms with Gasteiger partial charge in [0.25, 0.3) is 0 Å². The van der Waals surface area contributed by atoms with Gasteiger partial charge in [-0.05, 0) is 25.1 Å². The normalized spacial score (nSPS) is 26.8. The monoisotopic (exact) mass is 268 g/mol. The summed E-state index contributed by atoms with van der Waals surface area (Å²) < 4.78 is 0. The fourth-order valence-electron chi connectivity index (χ4n) is 2.28. The second kappa shape index (κ2) is 6.12. The van der Waals surface area contributed by atoms with E-state index in [0.29, 0.717) is 16.5 Å². The van der Waals surface area contributed by atoms with E-state index in [1.54, 1.807) is 0 Å². The van der Waals surface area contributed by atoms with Gasteiger partial charge < -0.3 is 5.32 Å². The van der Waals surface area contributed by atoms with E-state index in [1.807, 2.05) is 12.4 Å². The number of thioether (sulfide) groups is 2. The van der Waals surface area contributed by atoms with Gasteiger partial charge in [0, 0.05) is 40.4 Å². The Morgan fingerprint density at radius 1 is 1.35 bits per heavy atom. The average Bonchev–Trinajstić information content (AvgIpc) is 2.33. The van der Waals surface area contributed by atoms with Gasteiger partial charge in [0.15, 0.2) is 0 Å². The van der Waals surface area contributed by atoms with Gasteiger partial charge >= 0.3 is 0 Å². The molecule has 4 heteroatoms. The van der Waals surface area contributed by atoms with Gasteiger partial charge in [-0.2, -0.15) is 23.5 Å². The molecule has 3 atom stereocenters. The SMILES string of the molecule is CNC(c1cncc(C)c1)C1SCCSC1C. The van der Waals surface area contributed by atoms with E-state index in [1.165, 1.54) is 22.6 Å². The number of hydrogen-bond acceptors (Lipinski definition) is 4. The standard InChI is InChI=1S/C13H20N2S2/c1-9-6-11(8-15-7-9)12(14-3)13-10(2)16-4-5-17-13/h6-8,10,12-14H,4-5H2,1-3H3. The highest BCUT2D eigenvalue weighted by atomic mass is 32.2. The number of hydrogen-bond donors (Lipinski definition) is 1. The summed E-state index contributed by atoms with van der Waals surface area (Å²) in [6.07, 6.45) is 3.92. The molecule has 2 nitrogen and oxygen atoms in total. The Labute approximate surface area is 112 Å². The molecule has 17 heavy (non-hydrogen) atoms. The number of pyridine rings is 1. The molecule has 1 fully saturated rings. The lowest BCUT2D eigenvalue weighted by molar-refractivity contribution is 0.558. The highest BCUT2D eigenvalue weighted by molar-refractivity contribution is 8.07. The van der Waals surface area contributed by atoms with Gasteiger partial charge in [0.05, 0.1) is 0 Å². The van der Waals surface area contributed by atoms with Crippen molar-refractivity contribution in [1.29, 1.82) is 0 Å². The summed E-state index contributed by atoms with van der Waals surface area (Å²) in [6.45, 7) is 4.45. The van der Waals surface area contributed by atoms with Crippen LogP contribution >= 0.6 is 23.5 Å². The molecule has 0 saturated carbocycles. The van der Waals surface area contributed by atoms with Crippen molar-refractivity contribution in [2.24, 2.45) is 0 Å². The molecular formula is C13H20N2S2. The fourth-order valence-corrected chi connectivity index (χ4v) is 5.27. The fraction of sp³-hybridized carbons (Fsp3) is 0.615. The smallest absolute Gasteiger partial charge is 0.0464 e. The number of nitrogens with zero attached hydrogens (tertiary/aromatic N) is 1. The zero-order chi connectivity index (χ0) is 12.3. The Kier molecular flexibility index (Phi) is 4.77. The molecule has 1 aliphatic heterocycles. The lowest BCUT2D eigenvalue weighted by Crippen LogP contribution is -2.36. The van der Waals surface area contributed by atoms with Gasteiger partial charge in [0.1, 0.15) is 0 Å². The highest BCUT2D eigenvalue weighted by Gasteiger charge is 2.30. The van der Waals surface area contributed by atoms with Crippen LogP contribution in [0.4, 0.5) is 0 Å².